The van der Waals surface area contributed by atoms with Crippen LogP contribution in [0.4, 0.5) is 5.69 Å². The molecule has 1 aromatic carbocycles. The van der Waals surface area contributed by atoms with Gasteiger partial charge in [-0.2, -0.15) is 0 Å². The van der Waals surface area contributed by atoms with Crippen molar-refractivity contribution in [2.24, 2.45) is 11.8 Å². The molecule has 2 N–H and O–H groups in total. The van der Waals surface area contributed by atoms with Gasteiger partial charge < -0.3 is 10.0 Å². The van der Waals surface area contributed by atoms with Gasteiger partial charge in [-0.25, -0.2) is 0 Å². The molecule has 28 heavy (non-hydrogen) atoms. The molecule has 0 saturated carbocycles. The Bertz CT molecular complexity index is 867. The van der Waals surface area contributed by atoms with Crippen molar-refractivity contribution in [3.63, 3.8) is 0 Å². The summed E-state index contributed by atoms with van der Waals surface area (Å²) >= 11 is 0. The van der Waals surface area contributed by atoms with E-state index in [2.05, 4.69) is 17.1 Å². The van der Waals surface area contributed by atoms with Crippen molar-refractivity contribution in [2.45, 2.75) is 32.2 Å². The normalized spacial score (nSPS) is 27.9. The van der Waals surface area contributed by atoms with Crippen LogP contribution in [0.1, 0.15) is 46.9 Å². The second-order valence-electron chi connectivity index (χ2n) is 7.83. The number of imide groups is 2. The standard InChI is InChI=1S/C20H23N3O5/c1-11-9-22(7-6-12(11)10-24)13-2-3-14-15(8-13)20(28)23(19(14)27)16-4-5-17(25)21-18(16)26/h2-3,8,11-12,16,24H,4-7,9-10H2,1H3,(H,21,25,26). The van der Waals surface area contributed by atoms with Gasteiger partial charge >= 0.3 is 0 Å². The lowest BCUT2D eigenvalue weighted by Crippen LogP contribution is -2.54. The van der Waals surface area contributed by atoms with Crippen LogP contribution in [0.25, 0.3) is 0 Å². The number of aliphatic hydroxyl groups excluding tert-OH is 1. The van der Waals surface area contributed by atoms with E-state index in [1.54, 1.807) is 12.1 Å². The number of nitrogens with zero attached hydrogens (tertiary/aromatic N) is 2. The van der Waals surface area contributed by atoms with Gasteiger partial charge in [-0.1, -0.05) is 6.92 Å². The van der Waals surface area contributed by atoms with E-state index in [-0.39, 0.29) is 36.8 Å². The molecular weight excluding hydrogens is 362 g/mol. The van der Waals surface area contributed by atoms with Gasteiger partial charge in [0.05, 0.1) is 11.1 Å². The monoisotopic (exact) mass is 385 g/mol. The first-order chi connectivity index (χ1) is 13.4. The second-order valence-corrected chi connectivity index (χ2v) is 7.83. The van der Waals surface area contributed by atoms with Crippen LogP contribution < -0.4 is 10.2 Å². The zero-order valence-electron chi connectivity index (χ0n) is 15.7. The number of anilines is 1. The number of fused-ring (bicyclic) bond motifs is 1. The van der Waals surface area contributed by atoms with Crippen LogP contribution in [0.15, 0.2) is 18.2 Å². The minimum atomic E-state index is -0.950. The summed E-state index contributed by atoms with van der Waals surface area (Å²) in [5.74, 6) is -1.38. The van der Waals surface area contributed by atoms with Crippen molar-refractivity contribution < 1.29 is 24.3 Å². The molecule has 0 spiro atoms. The lowest BCUT2D eigenvalue weighted by Gasteiger charge is -2.37. The summed E-state index contributed by atoms with van der Waals surface area (Å²) in [5.41, 5.74) is 1.44. The van der Waals surface area contributed by atoms with Crippen LogP contribution >= 0.6 is 0 Å². The first kappa shape index (κ1) is 18.6. The van der Waals surface area contributed by atoms with Gasteiger partial charge in [0, 0.05) is 31.8 Å². The zero-order chi connectivity index (χ0) is 20.0. The molecule has 0 bridgehead atoms. The number of amides is 4. The minimum Gasteiger partial charge on any atom is -0.396 e. The lowest BCUT2D eigenvalue weighted by atomic mass is 9.87. The maximum absolute atomic E-state index is 12.9. The number of hydrogen-bond donors (Lipinski definition) is 2. The third kappa shape index (κ3) is 2.97. The second kappa shape index (κ2) is 7.01. The molecule has 0 aromatic heterocycles. The molecule has 3 atom stereocenters. The molecule has 8 heteroatoms. The van der Waals surface area contributed by atoms with Crippen LogP contribution in [0.3, 0.4) is 0 Å². The summed E-state index contributed by atoms with van der Waals surface area (Å²) in [6.07, 6.45) is 1.12. The predicted molar refractivity (Wildman–Crippen MR) is 99.7 cm³/mol. The fourth-order valence-corrected chi connectivity index (χ4v) is 4.36. The van der Waals surface area contributed by atoms with Gasteiger partial charge in [-0.05, 0) is 42.9 Å². The Balaban J connectivity index is 1.58. The van der Waals surface area contributed by atoms with Crippen LogP contribution in [-0.2, 0) is 9.59 Å². The summed E-state index contributed by atoms with van der Waals surface area (Å²) < 4.78 is 0. The fourth-order valence-electron chi connectivity index (χ4n) is 4.36. The van der Waals surface area contributed by atoms with Crippen LogP contribution in [0.5, 0.6) is 0 Å². The smallest absolute Gasteiger partial charge is 0.262 e. The Hall–Kier alpha value is -2.74. The zero-order valence-corrected chi connectivity index (χ0v) is 15.7. The van der Waals surface area contributed by atoms with Crippen molar-refractivity contribution in [3.05, 3.63) is 29.3 Å². The fraction of sp³-hybridized carbons (Fsp3) is 0.500. The maximum atomic E-state index is 12.9. The van der Waals surface area contributed by atoms with Gasteiger partial charge in [-0.3, -0.25) is 29.4 Å². The number of carbonyl (C=O) groups excluding carboxylic acids is 4. The molecule has 8 nitrogen and oxygen atoms in total. The summed E-state index contributed by atoms with van der Waals surface area (Å²) in [4.78, 5) is 52.3. The van der Waals surface area contributed by atoms with E-state index in [1.807, 2.05) is 6.07 Å². The number of hydrogen-bond acceptors (Lipinski definition) is 6. The van der Waals surface area contributed by atoms with Gasteiger partial charge in [0.15, 0.2) is 0 Å². The van der Waals surface area contributed by atoms with Crippen molar-refractivity contribution in [1.82, 2.24) is 10.2 Å². The van der Waals surface area contributed by atoms with Gasteiger partial charge in [-0.15, -0.1) is 0 Å². The Labute approximate surface area is 162 Å². The van der Waals surface area contributed by atoms with Crippen molar-refractivity contribution in [3.8, 4) is 0 Å². The van der Waals surface area contributed by atoms with E-state index in [0.29, 0.717) is 11.5 Å². The van der Waals surface area contributed by atoms with Crippen molar-refractivity contribution >= 4 is 29.3 Å². The summed E-state index contributed by atoms with van der Waals surface area (Å²) in [5, 5.41) is 11.6. The third-order valence-electron chi connectivity index (χ3n) is 6.11. The Morgan fingerprint density at radius 2 is 1.86 bits per heavy atom. The maximum Gasteiger partial charge on any atom is 0.262 e. The van der Waals surface area contributed by atoms with Crippen LogP contribution in [0.2, 0.25) is 0 Å². The first-order valence-corrected chi connectivity index (χ1v) is 9.62. The molecular formula is C20H23N3O5. The van der Waals surface area contributed by atoms with E-state index in [4.69, 9.17) is 0 Å². The average Bonchev–Trinajstić information content (AvgIpc) is 2.92. The molecule has 0 radical (unpaired) electrons. The van der Waals surface area contributed by atoms with E-state index < -0.39 is 23.8 Å². The molecule has 3 heterocycles. The van der Waals surface area contributed by atoms with E-state index in [1.165, 1.54) is 0 Å². The quantitative estimate of drug-likeness (QED) is 0.736. The summed E-state index contributed by atoms with van der Waals surface area (Å²) in [6.45, 7) is 3.81. The van der Waals surface area contributed by atoms with Gasteiger partial charge in [0.25, 0.3) is 11.8 Å². The third-order valence-corrected chi connectivity index (χ3v) is 6.11. The Kier molecular flexibility index (Phi) is 4.66. The molecule has 3 aliphatic heterocycles. The highest BCUT2D eigenvalue weighted by Gasteiger charge is 2.44. The van der Waals surface area contributed by atoms with E-state index >= 15 is 0 Å². The number of benzene rings is 1. The highest BCUT2D eigenvalue weighted by Crippen LogP contribution is 2.33. The number of aliphatic hydroxyl groups is 1. The molecule has 2 saturated heterocycles. The number of carbonyl (C=O) groups is 4. The Morgan fingerprint density at radius 3 is 2.54 bits per heavy atom. The first-order valence-electron chi connectivity index (χ1n) is 9.62. The minimum absolute atomic E-state index is 0.104. The molecule has 3 unspecified atom stereocenters. The van der Waals surface area contributed by atoms with E-state index in [9.17, 15) is 24.3 Å². The molecule has 1 aromatic rings. The summed E-state index contributed by atoms with van der Waals surface area (Å²) in [6, 6.07) is 4.23. The van der Waals surface area contributed by atoms with Gasteiger partial charge in [0.1, 0.15) is 6.04 Å². The molecule has 2 fully saturated rings. The number of piperidine rings is 2. The summed E-state index contributed by atoms with van der Waals surface area (Å²) in [7, 11) is 0. The Morgan fingerprint density at radius 1 is 1.11 bits per heavy atom. The molecule has 148 valence electrons. The molecule has 3 aliphatic rings. The van der Waals surface area contributed by atoms with Crippen molar-refractivity contribution in [1.29, 1.82) is 0 Å². The predicted octanol–water partition coefficient (Wildman–Crippen LogP) is 0.542. The number of nitrogens with one attached hydrogen (secondary N) is 1. The van der Waals surface area contributed by atoms with Crippen LogP contribution in [-0.4, -0.2) is 59.4 Å². The topological polar surface area (TPSA) is 107 Å². The van der Waals surface area contributed by atoms with Gasteiger partial charge in [0.2, 0.25) is 11.8 Å². The number of rotatable bonds is 3. The van der Waals surface area contributed by atoms with Crippen LogP contribution in [0, 0.1) is 11.8 Å². The largest absolute Gasteiger partial charge is 0.396 e. The van der Waals surface area contributed by atoms with E-state index in [0.717, 1.165) is 30.1 Å². The van der Waals surface area contributed by atoms with Crippen molar-refractivity contribution in [2.75, 3.05) is 24.6 Å². The highest BCUT2D eigenvalue weighted by atomic mass is 16.3. The molecule has 4 amide bonds. The SMILES string of the molecule is CC1CN(c2ccc3c(c2)C(=O)N(C2CCC(=O)NC2=O)C3=O)CCC1CO. The molecule has 4 rings (SSSR count). The average molecular weight is 385 g/mol. The molecule has 0 aliphatic carbocycles. The lowest BCUT2D eigenvalue weighted by molar-refractivity contribution is -0.136. The highest BCUT2D eigenvalue weighted by molar-refractivity contribution is 6.23.